The molecule has 0 spiro atoms. The largest absolute Gasteiger partial charge is 0.396 e. The molecule has 0 bridgehead atoms. The van der Waals surface area contributed by atoms with Gasteiger partial charge in [-0.2, -0.15) is 0 Å². The molecule has 2 aliphatic rings. The highest BCUT2D eigenvalue weighted by Crippen LogP contribution is 2.39. The zero-order chi connectivity index (χ0) is 33.2. The molecule has 4 rings (SSSR count). The van der Waals surface area contributed by atoms with E-state index in [1.165, 1.54) is 5.01 Å². The maximum absolute atomic E-state index is 13.6. The third kappa shape index (κ3) is 9.55. The van der Waals surface area contributed by atoms with E-state index in [1.54, 1.807) is 4.90 Å². The topological polar surface area (TPSA) is 134 Å². The van der Waals surface area contributed by atoms with Gasteiger partial charge in [0.05, 0.1) is 42.4 Å². The Morgan fingerprint density at radius 2 is 1.59 bits per heavy atom. The van der Waals surface area contributed by atoms with Gasteiger partial charge in [0.2, 0.25) is 11.8 Å². The molecule has 9 heteroatoms. The van der Waals surface area contributed by atoms with Crippen molar-refractivity contribution in [2.45, 2.75) is 112 Å². The van der Waals surface area contributed by atoms with Crippen LogP contribution in [0.4, 0.5) is 5.69 Å². The second kappa shape index (κ2) is 20.5. The molecule has 0 radical (unpaired) electrons. The molecule has 6 N–H and O–H groups in total. The molecule has 0 aliphatic carbocycles. The van der Waals surface area contributed by atoms with Crippen molar-refractivity contribution in [3.8, 4) is 0 Å². The summed E-state index contributed by atoms with van der Waals surface area (Å²) in [5.74, 6) is 6.42. The number of hydrazine groups is 1. The van der Waals surface area contributed by atoms with Gasteiger partial charge in [-0.15, -0.1) is 0 Å². The average Bonchev–Trinajstić information content (AvgIpc) is 3.45. The standard InChI is InChI=1S/C29H39N5O4.3C2H6/c1-3-5-16-32-25(35)14-15-26(36)33-17-19-10-6-7-11-20(19)27(30)28(21-12-8-9-13-22(21)33)34(31)23-18-38-24(4-2)29(23)37;3*1-2/h6-13,23-24,29,37H,3-5,14-18,30-31H2,1-2H3,(H,32,35);3*1-2H3/b28-27-;;;. The first-order valence-corrected chi connectivity index (χ1v) is 16.4. The molecule has 2 aliphatic heterocycles. The van der Waals surface area contributed by atoms with Crippen molar-refractivity contribution in [2.75, 3.05) is 18.1 Å². The van der Waals surface area contributed by atoms with Crippen LogP contribution in [-0.4, -0.2) is 53.3 Å². The van der Waals surface area contributed by atoms with Gasteiger partial charge >= 0.3 is 0 Å². The molecule has 2 heterocycles. The number of para-hydroxylation sites is 1. The highest BCUT2D eigenvalue weighted by atomic mass is 16.5. The minimum atomic E-state index is -0.790. The Morgan fingerprint density at radius 1 is 0.977 bits per heavy atom. The van der Waals surface area contributed by atoms with Crippen molar-refractivity contribution in [2.24, 2.45) is 11.6 Å². The van der Waals surface area contributed by atoms with E-state index in [-0.39, 0.29) is 37.4 Å². The fourth-order valence-electron chi connectivity index (χ4n) is 5.14. The number of nitrogens with zero attached hydrogens (tertiary/aromatic N) is 2. The fraction of sp³-hybridized carbons (Fsp3) is 0.543. The van der Waals surface area contributed by atoms with Crippen LogP contribution in [0.3, 0.4) is 0 Å². The number of carbonyl (C=O) groups excluding carboxylic acids is 2. The molecule has 3 atom stereocenters. The summed E-state index contributed by atoms with van der Waals surface area (Å²) in [5.41, 5.74) is 10.7. The van der Waals surface area contributed by atoms with Crippen LogP contribution >= 0.6 is 0 Å². The van der Waals surface area contributed by atoms with Crippen molar-refractivity contribution < 1.29 is 19.4 Å². The Hall–Kier alpha value is -3.40. The normalized spacial score (nSPS) is 20.0. The molecule has 3 unspecified atom stereocenters. The van der Waals surface area contributed by atoms with Crippen LogP contribution in [-0.2, 0) is 20.9 Å². The highest BCUT2D eigenvalue weighted by molar-refractivity contribution is 6.02. The van der Waals surface area contributed by atoms with Gasteiger partial charge in [0.1, 0.15) is 6.10 Å². The molecule has 0 saturated carbocycles. The van der Waals surface area contributed by atoms with Crippen LogP contribution in [0.5, 0.6) is 0 Å². The lowest BCUT2D eigenvalue weighted by molar-refractivity contribution is -0.125. The lowest BCUT2D eigenvalue weighted by Gasteiger charge is -2.36. The number of fused-ring (bicyclic) bond motifs is 2. The van der Waals surface area contributed by atoms with E-state index in [0.717, 1.165) is 24.0 Å². The quantitative estimate of drug-likeness (QED) is 0.160. The molecule has 2 aromatic rings. The molecule has 0 aromatic heterocycles. The summed E-state index contributed by atoms with van der Waals surface area (Å²) < 4.78 is 5.80. The molecule has 2 amide bonds. The number of anilines is 1. The van der Waals surface area contributed by atoms with Gasteiger partial charge < -0.3 is 30.8 Å². The molecule has 1 fully saturated rings. The fourth-order valence-corrected chi connectivity index (χ4v) is 5.14. The van der Waals surface area contributed by atoms with Crippen LogP contribution < -0.4 is 21.8 Å². The maximum Gasteiger partial charge on any atom is 0.227 e. The van der Waals surface area contributed by atoms with E-state index in [2.05, 4.69) is 12.2 Å². The van der Waals surface area contributed by atoms with Crippen LogP contribution in [0.1, 0.15) is 104 Å². The number of aliphatic hydroxyl groups is 1. The molecular weight excluding hydrogens is 554 g/mol. The summed E-state index contributed by atoms with van der Waals surface area (Å²) in [7, 11) is 0. The number of hydrogen-bond acceptors (Lipinski definition) is 7. The second-order valence-electron chi connectivity index (χ2n) is 9.87. The summed E-state index contributed by atoms with van der Waals surface area (Å²) >= 11 is 0. The minimum Gasteiger partial charge on any atom is -0.396 e. The Bertz CT molecular complexity index is 1190. The number of nitrogens with two attached hydrogens (primary N) is 2. The first kappa shape index (κ1) is 38.6. The second-order valence-corrected chi connectivity index (χ2v) is 9.87. The van der Waals surface area contributed by atoms with E-state index in [4.69, 9.17) is 16.3 Å². The number of rotatable bonds is 9. The highest BCUT2D eigenvalue weighted by Gasteiger charge is 2.40. The summed E-state index contributed by atoms with van der Waals surface area (Å²) in [5, 5.41) is 15.3. The Morgan fingerprint density at radius 3 is 2.20 bits per heavy atom. The lowest BCUT2D eigenvalue weighted by atomic mass is 9.94. The number of ether oxygens (including phenoxy) is 1. The van der Waals surface area contributed by atoms with Crippen LogP contribution in [0, 0.1) is 0 Å². The van der Waals surface area contributed by atoms with E-state index in [9.17, 15) is 14.7 Å². The van der Waals surface area contributed by atoms with Crippen LogP contribution in [0.15, 0.2) is 48.5 Å². The zero-order valence-electron chi connectivity index (χ0n) is 28.2. The average molecular weight is 612 g/mol. The Balaban J connectivity index is 0.00000152. The number of benzene rings is 2. The zero-order valence-corrected chi connectivity index (χ0v) is 28.2. The maximum atomic E-state index is 13.6. The van der Waals surface area contributed by atoms with Gasteiger partial charge in [-0.3, -0.25) is 9.59 Å². The smallest absolute Gasteiger partial charge is 0.227 e. The summed E-state index contributed by atoms with van der Waals surface area (Å²) in [6.07, 6.45) is 1.63. The third-order valence-electron chi connectivity index (χ3n) is 7.33. The predicted octanol–water partition coefficient (Wildman–Crippen LogP) is 5.81. The van der Waals surface area contributed by atoms with Crippen molar-refractivity contribution in [1.29, 1.82) is 0 Å². The number of carbonyl (C=O) groups is 2. The van der Waals surface area contributed by atoms with Gasteiger partial charge in [-0.05, 0) is 24.5 Å². The minimum absolute atomic E-state index is 0.0721. The van der Waals surface area contributed by atoms with E-state index >= 15 is 0 Å². The Kier molecular flexibility index (Phi) is 18.0. The van der Waals surface area contributed by atoms with Crippen molar-refractivity contribution in [3.05, 3.63) is 65.2 Å². The van der Waals surface area contributed by atoms with E-state index < -0.39 is 12.1 Å². The van der Waals surface area contributed by atoms with Crippen LogP contribution in [0.2, 0.25) is 0 Å². The van der Waals surface area contributed by atoms with Crippen molar-refractivity contribution >= 4 is 28.9 Å². The number of hydrogen-bond donors (Lipinski definition) is 4. The molecule has 1 saturated heterocycles. The van der Waals surface area contributed by atoms with Gasteiger partial charge in [-0.25, -0.2) is 5.84 Å². The van der Waals surface area contributed by atoms with Crippen molar-refractivity contribution in [1.82, 2.24) is 10.3 Å². The van der Waals surface area contributed by atoms with Gasteiger partial charge in [0, 0.05) is 30.5 Å². The molecule has 2 aromatic carbocycles. The number of amides is 2. The lowest BCUT2D eigenvalue weighted by Crippen LogP contribution is -2.48. The molecule has 9 nitrogen and oxygen atoms in total. The van der Waals surface area contributed by atoms with Crippen LogP contribution in [0.25, 0.3) is 11.4 Å². The Labute approximate surface area is 265 Å². The monoisotopic (exact) mass is 611 g/mol. The molecule has 44 heavy (non-hydrogen) atoms. The number of nitrogens with one attached hydrogen (secondary N) is 1. The van der Waals surface area contributed by atoms with E-state index in [1.807, 2.05) is 97.0 Å². The predicted molar refractivity (Wildman–Crippen MR) is 182 cm³/mol. The first-order valence-electron chi connectivity index (χ1n) is 16.4. The van der Waals surface area contributed by atoms with Gasteiger partial charge in [-0.1, -0.05) is 104 Å². The molecule has 246 valence electrons. The first-order chi connectivity index (χ1) is 21.4. The van der Waals surface area contributed by atoms with E-state index in [0.29, 0.717) is 42.2 Å². The number of aliphatic hydroxyl groups excluding tert-OH is 1. The third-order valence-corrected chi connectivity index (χ3v) is 7.33. The SMILES string of the molecule is CC.CC.CC.CCCCNC(=O)CCC(=O)N1Cc2ccccc2/C(N)=C(/N(N)C2COC(CC)C2O)c2ccccc21. The van der Waals surface area contributed by atoms with Crippen molar-refractivity contribution in [3.63, 3.8) is 0 Å². The summed E-state index contributed by atoms with van der Waals surface area (Å²) in [6.45, 7) is 17.2. The number of unbranched alkanes of at least 4 members (excludes halogenated alkanes) is 1. The summed E-state index contributed by atoms with van der Waals surface area (Å²) in [6, 6.07) is 14.6. The van der Waals surface area contributed by atoms with Gasteiger partial charge in [0.25, 0.3) is 0 Å². The summed E-state index contributed by atoms with van der Waals surface area (Å²) in [4.78, 5) is 27.6. The molecular formula is C35H57N5O4. The van der Waals surface area contributed by atoms with Gasteiger partial charge in [0.15, 0.2) is 0 Å².